The smallest absolute Gasteiger partial charge is 0.120 e. The van der Waals surface area contributed by atoms with Crippen LogP contribution in [0.25, 0.3) is 0 Å². The van der Waals surface area contributed by atoms with Gasteiger partial charge in [-0.3, -0.25) is 0 Å². The molecular weight excluding hydrogens is 186 g/mol. The molecule has 1 saturated carbocycles. The first-order chi connectivity index (χ1) is 7.43. The molecule has 1 aromatic heterocycles. The van der Waals surface area contributed by atoms with Crippen molar-refractivity contribution in [3.63, 3.8) is 0 Å². The second-order valence-electron chi connectivity index (χ2n) is 4.96. The number of nitrogens with one attached hydrogen (secondary N) is 1. The fourth-order valence-corrected chi connectivity index (χ4v) is 3.21. The van der Waals surface area contributed by atoms with E-state index in [0.717, 1.165) is 17.7 Å². The van der Waals surface area contributed by atoms with Gasteiger partial charge in [0.15, 0.2) is 0 Å². The summed E-state index contributed by atoms with van der Waals surface area (Å²) in [6.07, 6.45) is 10.0. The molecule has 2 nitrogen and oxygen atoms in total. The third-order valence-electron chi connectivity index (χ3n) is 4.04. The van der Waals surface area contributed by atoms with E-state index in [1.165, 1.54) is 38.5 Å². The lowest BCUT2D eigenvalue weighted by Crippen LogP contribution is -2.44. The number of fused-ring (bicyclic) bond motifs is 1. The predicted octanol–water partition coefficient (Wildman–Crippen LogP) is 3.26. The predicted molar refractivity (Wildman–Crippen MR) is 59.6 cm³/mol. The number of furan rings is 1. The van der Waals surface area contributed by atoms with Crippen LogP contribution in [0.2, 0.25) is 0 Å². The largest absolute Gasteiger partial charge is 0.468 e. The first-order valence-corrected chi connectivity index (χ1v) is 6.23. The third kappa shape index (κ3) is 1.83. The van der Waals surface area contributed by atoms with E-state index < -0.39 is 0 Å². The van der Waals surface area contributed by atoms with Crippen LogP contribution in [0.1, 0.15) is 50.3 Å². The van der Waals surface area contributed by atoms with Gasteiger partial charge in [-0.25, -0.2) is 0 Å². The molecule has 1 saturated heterocycles. The minimum absolute atomic E-state index is 0.472. The lowest BCUT2D eigenvalue weighted by Gasteiger charge is -2.39. The van der Waals surface area contributed by atoms with Crippen LogP contribution in [-0.2, 0) is 0 Å². The monoisotopic (exact) mass is 205 g/mol. The molecule has 1 N–H and O–H groups in total. The highest BCUT2D eigenvalue weighted by atomic mass is 16.3. The summed E-state index contributed by atoms with van der Waals surface area (Å²) in [7, 11) is 0. The standard InChI is InChI=1S/C13H19NO/c1-2-5-11-10(4-1)7-8-12(14-11)13-6-3-9-15-13/h3,6,9-12,14H,1-2,4-5,7-8H2/t10-,11-,12-/m1/s1. The third-order valence-corrected chi connectivity index (χ3v) is 4.04. The molecular formula is C13H19NO. The summed E-state index contributed by atoms with van der Waals surface area (Å²) in [5, 5.41) is 3.76. The maximum Gasteiger partial charge on any atom is 0.120 e. The van der Waals surface area contributed by atoms with E-state index in [1.54, 1.807) is 6.26 Å². The number of hydrogen-bond donors (Lipinski definition) is 1. The second-order valence-corrected chi connectivity index (χ2v) is 4.96. The molecule has 2 heterocycles. The van der Waals surface area contributed by atoms with Crippen molar-refractivity contribution in [1.82, 2.24) is 5.32 Å². The van der Waals surface area contributed by atoms with Gasteiger partial charge >= 0.3 is 0 Å². The molecule has 0 radical (unpaired) electrons. The Hall–Kier alpha value is -0.760. The summed E-state index contributed by atoms with van der Waals surface area (Å²) in [6.45, 7) is 0. The maximum absolute atomic E-state index is 5.49. The molecule has 0 unspecified atom stereocenters. The van der Waals surface area contributed by atoms with Crippen LogP contribution in [0.5, 0.6) is 0 Å². The number of piperidine rings is 1. The van der Waals surface area contributed by atoms with Crippen molar-refractivity contribution < 1.29 is 4.42 Å². The van der Waals surface area contributed by atoms with Gasteiger partial charge in [-0.1, -0.05) is 12.8 Å². The van der Waals surface area contributed by atoms with Gasteiger partial charge in [0, 0.05) is 6.04 Å². The van der Waals surface area contributed by atoms with Crippen molar-refractivity contribution in [2.75, 3.05) is 0 Å². The van der Waals surface area contributed by atoms with E-state index >= 15 is 0 Å². The lowest BCUT2D eigenvalue weighted by atomic mass is 9.77. The van der Waals surface area contributed by atoms with Crippen LogP contribution in [-0.4, -0.2) is 6.04 Å². The van der Waals surface area contributed by atoms with Crippen molar-refractivity contribution in [3.8, 4) is 0 Å². The summed E-state index contributed by atoms with van der Waals surface area (Å²) < 4.78 is 5.49. The summed E-state index contributed by atoms with van der Waals surface area (Å²) in [6, 6.07) is 5.31. The van der Waals surface area contributed by atoms with Crippen molar-refractivity contribution in [1.29, 1.82) is 0 Å². The molecule has 0 bridgehead atoms. The summed E-state index contributed by atoms with van der Waals surface area (Å²) >= 11 is 0. The van der Waals surface area contributed by atoms with E-state index in [1.807, 2.05) is 6.07 Å². The highest BCUT2D eigenvalue weighted by molar-refractivity contribution is 5.07. The van der Waals surface area contributed by atoms with Crippen LogP contribution < -0.4 is 5.32 Å². The van der Waals surface area contributed by atoms with Crippen molar-refractivity contribution in [2.45, 2.75) is 50.6 Å². The van der Waals surface area contributed by atoms with Gasteiger partial charge in [0.05, 0.1) is 12.3 Å². The Kier molecular flexibility index (Phi) is 2.53. The van der Waals surface area contributed by atoms with Crippen molar-refractivity contribution in [2.24, 2.45) is 5.92 Å². The van der Waals surface area contributed by atoms with Crippen LogP contribution >= 0.6 is 0 Å². The molecule has 2 fully saturated rings. The Balaban J connectivity index is 1.70. The fourth-order valence-electron chi connectivity index (χ4n) is 3.21. The Morgan fingerprint density at radius 2 is 2.07 bits per heavy atom. The van der Waals surface area contributed by atoms with Gasteiger partial charge in [0.25, 0.3) is 0 Å². The lowest BCUT2D eigenvalue weighted by molar-refractivity contribution is 0.166. The SMILES string of the molecule is c1coc([C@H]2CC[C@H]3CCCC[C@H]3N2)c1. The van der Waals surface area contributed by atoms with Crippen LogP contribution in [0.3, 0.4) is 0 Å². The molecule has 2 aliphatic rings. The van der Waals surface area contributed by atoms with Crippen molar-refractivity contribution in [3.05, 3.63) is 24.2 Å². The first-order valence-electron chi connectivity index (χ1n) is 6.23. The van der Waals surface area contributed by atoms with Crippen LogP contribution in [0.15, 0.2) is 22.8 Å². The Morgan fingerprint density at radius 1 is 1.13 bits per heavy atom. The molecule has 0 amide bonds. The minimum Gasteiger partial charge on any atom is -0.468 e. The highest BCUT2D eigenvalue weighted by Gasteiger charge is 2.32. The van der Waals surface area contributed by atoms with Crippen LogP contribution in [0.4, 0.5) is 0 Å². The zero-order chi connectivity index (χ0) is 10.1. The summed E-state index contributed by atoms with van der Waals surface area (Å²) in [4.78, 5) is 0. The molecule has 3 atom stereocenters. The quantitative estimate of drug-likeness (QED) is 0.761. The van der Waals surface area contributed by atoms with Gasteiger partial charge < -0.3 is 9.73 Å². The average Bonchev–Trinajstić information content (AvgIpc) is 2.82. The normalized spacial score (nSPS) is 36.1. The number of hydrogen-bond acceptors (Lipinski definition) is 2. The molecule has 15 heavy (non-hydrogen) atoms. The Morgan fingerprint density at radius 3 is 2.93 bits per heavy atom. The second kappa shape index (κ2) is 4.01. The maximum atomic E-state index is 5.49. The van der Waals surface area contributed by atoms with E-state index in [9.17, 15) is 0 Å². The summed E-state index contributed by atoms with van der Waals surface area (Å²) in [5.41, 5.74) is 0. The van der Waals surface area contributed by atoms with Gasteiger partial charge in [0.1, 0.15) is 5.76 Å². The first kappa shape index (κ1) is 9.46. The molecule has 3 rings (SSSR count). The van der Waals surface area contributed by atoms with Crippen molar-refractivity contribution >= 4 is 0 Å². The van der Waals surface area contributed by atoms with Gasteiger partial charge in [-0.05, 0) is 43.7 Å². The molecule has 0 spiro atoms. The van der Waals surface area contributed by atoms with E-state index in [-0.39, 0.29) is 0 Å². The molecule has 1 aromatic rings. The van der Waals surface area contributed by atoms with Crippen LogP contribution in [0, 0.1) is 5.92 Å². The molecule has 0 aromatic carbocycles. The van der Waals surface area contributed by atoms with E-state index in [0.29, 0.717) is 6.04 Å². The van der Waals surface area contributed by atoms with Gasteiger partial charge in [-0.15, -0.1) is 0 Å². The zero-order valence-corrected chi connectivity index (χ0v) is 9.11. The average molecular weight is 205 g/mol. The Labute approximate surface area is 91.0 Å². The van der Waals surface area contributed by atoms with E-state index in [2.05, 4.69) is 11.4 Å². The topological polar surface area (TPSA) is 25.2 Å². The zero-order valence-electron chi connectivity index (χ0n) is 9.11. The minimum atomic E-state index is 0.472. The van der Waals surface area contributed by atoms with E-state index in [4.69, 9.17) is 4.42 Å². The fraction of sp³-hybridized carbons (Fsp3) is 0.692. The number of rotatable bonds is 1. The molecule has 1 aliphatic carbocycles. The molecule has 2 heteroatoms. The summed E-state index contributed by atoms with van der Waals surface area (Å²) in [5.74, 6) is 2.06. The molecule has 1 aliphatic heterocycles. The van der Waals surface area contributed by atoms with Gasteiger partial charge in [-0.2, -0.15) is 0 Å². The Bertz CT molecular complexity index is 306. The highest BCUT2D eigenvalue weighted by Crippen LogP contribution is 2.36. The van der Waals surface area contributed by atoms with Gasteiger partial charge in [0.2, 0.25) is 0 Å². The molecule has 82 valence electrons.